The van der Waals surface area contributed by atoms with Crippen LogP contribution in [0.3, 0.4) is 0 Å². The molecule has 3 nitrogen and oxygen atoms in total. The number of hydrogen-bond donors (Lipinski definition) is 4. The lowest BCUT2D eigenvalue weighted by Crippen LogP contribution is -2.33. The molecule has 5 heteroatoms. The Kier molecular flexibility index (Phi) is 4.93. The highest BCUT2D eigenvalue weighted by molar-refractivity contribution is 7.84. The summed E-state index contributed by atoms with van der Waals surface area (Å²) in [5, 5.41) is 8.31. The summed E-state index contributed by atoms with van der Waals surface area (Å²) in [5.74, 6) is -0.440. The van der Waals surface area contributed by atoms with Gasteiger partial charge in [0.25, 0.3) is 0 Å². The van der Waals surface area contributed by atoms with Crippen molar-refractivity contribution in [3.8, 4) is 0 Å². The molecule has 0 aliphatic heterocycles. The lowest BCUT2D eigenvalue weighted by atomic mass is 10.2. The largest absolute Gasteiger partial charge is 0.480 e. The number of carboxylic acids is 1. The molecule has 0 radical (unpaired) electrons. The molecule has 0 bridgehead atoms. The first-order valence-electron chi connectivity index (χ1n) is 2.85. The highest BCUT2D eigenvalue weighted by Gasteiger charge is 2.14. The van der Waals surface area contributed by atoms with Crippen molar-refractivity contribution in [2.45, 2.75) is 17.7 Å². The summed E-state index contributed by atoms with van der Waals surface area (Å²) in [7, 11) is 0. The Bertz CT molecular complexity index is 120. The van der Waals surface area contributed by atoms with Crippen LogP contribution in [0, 0.1) is 0 Å². The molecular weight excluding hydrogens is 170 g/mol. The third-order valence-electron chi connectivity index (χ3n) is 1.05. The number of carboxylic acid groups (broad SMARTS) is 1. The third-order valence-corrected chi connectivity index (χ3v) is 2.18. The van der Waals surface area contributed by atoms with Gasteiger partial charge in [-0.15, -0.1) is 0 Å². The smallest absolute Gasteiger partial charge is 0.320 e. The van der Waals surface area contributed by atoms with Crippen LogP contribution < -0.4 is 5.73 Å². The molecule has 0 fully saturated rings. The van der Waals surface area contributed by atoms with Crippen LogP contribution in [0.15, 0.2) is 0 Å². The van der Waals surface area contributed by atoms with E-state index in [9.17, 15) is 4.79 Å². The lowest BCUT2D eigenvalue weighted by Gasteiger charge is -2.09. The topological polar surface area (TPSA) is 63.3 Å². The van der Waals surface area contributed by atoms with Gasteiger partial charge in [-0.2, -0.15) is 25.3 Å². The van der Waals surface area contributed by atoms with E-state index in [-0.39, 0.29) is 5.25 Å². The van der Waals surface area contributed by atoms with Crippen LogP contribution in [0.4, 0.5) is 0 Å². The first kappa shape index (κ1) is 10.1. The summed E-state index contributed by atoms with van der Waals surface area (Å²) in [6, 6.07) is -0.811. The number of thiol groups is 2. The van der Waals surface area contributed by atoms with Crippen molar-refractivity contribution in [1.82, 2.24) is 0 Å². The molecule has 2 atom stereocenters. The van der Waals surface area contributed by atoms with E-state index < -0.39 is 12.0 Å². The Hall–Kier alpha value is 0.130. The van der Waals surface area contributed by atoms with Gasteiger partial charge in [-0.05, 0) is 6.42 Å². The predicted molar refractivity (Wildman–Crippen MR) is 46.9 cm³/mol. The van der Waals surface area contributed by atoms with Crippen LogP contribution in [0.2, 0.25) is 0 Å². The predicted octanol–water partition coefficient (Wildman–Crippen LogP) is 0.0166. The van der Waals surface area contributed by atoms with E-state index in [0.29, 0.717) is 12.2 Å². The van der Waals surface area contributed by atoms with Crippen LogP contribution in [0.25, 0.3) is 0 Å². The molecule has 0 saturated heterocycles. The highest BCUT2D eigenvalue weighted by atomic mass is 32.1. The standard InChI is InChI=1S/C5H11NO2S2/c6-4(5(7)8)1-3(10)2-9/h3-4,9-10H,1-2,6H2,(H,7,8)/t3-,4-/m0/s1. The molecule has 3 N–H and O–H groups in total. The van der Waals surface area contributed by atoms with Crippen molar-refractivity contribution >= 4 is 31.2 Å². The van der Waals surface area contributed by atoms with Crippen molar-refractivity contribution in [2.75, 3.05) is 5.75 Å². The van der Waals surface area contributed by atoms with Gasteiger partial charge in [0.2, 0.25) is 0 Å². The number of nitrogens with two attached hydrogens (primary N) is 1. The second-order valence-electron chi connectivity index (χ2n) is 2.02. The van der Waals surface area contributed by atoms with E-state index in [2.05, 4.69) is 25.3 Å². The maximum Gasteiger partial charge on any atom is 0.320 e. The maximum absolute atomic E-state index is 10.2. The number of carbonyl (C=O) groups is 1. The van der Waals surface area contributed by atoms with Gasteiger partial charge < -0.3 is 10.8 Å². The van der Waals surface area contributed by atoms with E-state index in [1.54, 1.807) is 0 Å². The molecule has 0 spiro atoms. The lowest BCUT2D eigenvalue weighted by molar-refractivity contribution is -0.138. The second-order valence-corrected chi connectivity index (χ2v) is 3.11. The summed E-state index contributed by atoms with van der Waals surface area (Å²) in [6.45, 7) is 0. The fourth-order valence-electron chi connectivity index (χ4n) is 0.468. The Labute approximate surface area is 70.8 Å². The zero-order chi connectivity index (χ0) is 8.15. The van der Waals surface area contributed by atoms with E-state index in [1.165, 1.54) is 0 Å². The van der Waals surface area contributed by atoms with Crippen molar-refractivity contribution in [1.29, 1.82) is 0 Å². The Morgan fingerprint density at radius 3 is 2.50 bits per heavy atom. The first-order valence-corrected chi connectivity index (χ1v) is 4.00. The SMILES string of the molecule is N[C@@H](C[C@H](S)CS)C(=O)O. The Balaban J connectivity index is 3.56. The van der Waals surface area contributed by atoms with Crippen molar-refractivity contribution in [2.24, 2.45) is 5.73 Å². The fourth-order valence-corrected chi connectivity index (χ4v) is 0.845. The Morgan fingerprint density at radius 2 is 2.20 bits per heavy atom. The van der Waals surface area contributed by atoms with Gasteiger partial charge in [-0.1, -0.05) is 0 Å². The van der Waals surface area contributed by atoms with Gasteiger partial charge in [0.1, 0.15) is 6.04 Å². The van der Waals surface area contributed by atoms with Crippen LogP contribution in [0.1, 0.15) is 6.42 Å². The van der Waals surface area contributed by atoms with E-state index >= 15 is 0 Å². The molecule has 0 heterocycles. The maximum atomic E-state index is 10.2. The van der Waals surface area contributed by atoms with Gasteiger partial charge in [0.05, 0.1) is 0 Å². The highest BCUT2D eigenvalue weighted by Crippen LogP contribution is 2.05. The zero-order valence-corrected chi connectivity index (χ0v) is 7.19. The third kappa shape index (κ3) is 4.03. The first-order chi connectivity index (χ1) is 4.57. The molecule has 0 aromatic carbocycles. The molecule has 0 rings (SSSR count). The Morgan fingerprint density at radius 1 is 1.70 bits per heavy atom. The molecular formula is C5H11NO2S2. The van der Waals surface area contributed by atoms with E-state index in [4.69, 9.17) is 10.8 Å². The van der Waals surface area contributed by atoms with Gasteiger partial charge in [0, 0.05) is 11.0 Å². The molecule has 0 aromatic heterocycles. The summed E-state index contributed by atoms with van der Waals surface area (Å²) >= 11 is 7.98. The van der Waals surface area contributed by atoms with Gasteiger partial charge >= 0.3 is 5.97 Å². The van der Waals surface area contributed by atoms with Gasteiger partial charge in [0.15, 0.2) is 0 Å². The van der Waals surface area contributed by atoms with Crippen molar-refractivity contribution in [3.63, 3.8) is 0 Å². The van der Waals surface area contributed by atoms with Crippen LogP contribution in [-0.4, -0.2) is 28.1 Å². The molecule has 0 unspecified atom stereocenters. The van der Waals surface area contributed by atoms with Gasteiger partial charge in [-0.25, -0.2) is 0 Å². The molecule has 0 saturated carbocycles. The van der Waals surface area contributed by atoms with Crippen LogP contribution in [-0.2, 0) is 4.79 Å². The fraction of sp³-hybridized carbons (Fsp3) is 0.800. The molecule has 10 heavy (non-hydrogen) atoms. The summed E-state index contributed by atoms with van der Waals surface area (Å²) in [5.41, 5.74) is 5.21. The van der Waals surface area contributed by atoms with E-state index in [0.717, 1.165) is 0 Å². The number of hydrogen-bond acceptors (Lipinski definition) is 4. The van der Waals surface area contributed by atoms with Crippen molar-refractivity contribution in [3.05, 3.63) is 0 Å². The number of rotatable bonds is 4. The zero-order valence-electron chi connectivity index (χ0n) is 5.40. The summed E-state index contributed by atoms with van der Waals surface area (Å²) in [6.07, 6.45) is 0.363. The molecule has 0 aromatic rings. The second kappa shape index (κ2) is 4.87. The van der Waals surface area contributed by atoms with E-state index in [1.807, 2.05) is 0 Å². The minimum Gasteiger partial charge on any atom is -0.480 e. The van der Waals surface area contributed by atoms with Crippen LogP contribution >= 0.6 is 25.3 Å². The quantitative estimate of drug-likeness (QED) is 0.462. The number of aliphatic carboxylic acids is 1. The summed E-state index contributed by atoms with van der Waals surface area (Å²) < 4.78 is 0. The summed E-state index contributed by atoms with van der Waals surface area (Å²) in [4.78, 5) is 10.2. The minimum absolute atomic E-state index is 0.0329. The average molecular weight is 181 g/mol. The molecule has 0 aliphatic rings. The van der Waals surface area contributed by atoms with Crippen molar-refractivity contribution < 1.29 is 9.90 Å². The molecule has 0 amide bonds. The van der Waals surface area contributed by atoms with Gasteiger partial charge in [-0.3, -0.25) is 4.79 Å². The average Bonchev–Trinajstić information content (AvgIpc) is 1.87. The molecule has 60 valence electrons. The monoisotopic (exact) mass is 181 g/mol. The normalized spacial score (nSPS) is 16.3. The molecule has 0 aliphatic carbocycles. The van der Waals surface area contributed by atoms with Crippen LogP contribution in [0.5, 0.6) is 0 Å². The minimum atomic E-state index is -0.985.